The maximum Gasteiger partial charge on any atom is 0.325 e. The number of aromatic nitrogens is 2. The number of carbonyl (C=O) groups is 2. The number of ether oxygens (including phenoxy) is 1. The predicted octanol–water partition coefficient (Wildman–Crippen LogP) is 3.69. The summed E-state index contributed by atoms with van der Waals surface area (Å²) in [4.78, 5) is 35.0. The van der Waals surface area contributed by atoms with Crippen LogP contribution in [-0.4, -0.2) is 46.2 Å². The molecular weight excluding hydrogens is 397 g/mol. The van der Waals surface area contributed by atoms with Gasteiger partial charge in [-0.25, -0.2) is 9.97 Å². The van der Waals surface area contributed by atoms with Gasteiger partial charge in [0.1, 0.15) is 6.54 Å². The SMILES string of the molecule is CCOC(=O)CN1Cc2nc(SC)nc(-c3ccc(Cl)cc3Cl)c2C1=O. The van der Waals surface area contributed by atoms with Crippen molar-refractivity contribution in [2.75, 3.05) is 19.4 Å². The summed E-state index contributed by atoms with van der Waals surface area (Å²) in [5, 5.41) is 1.41. The first-order valence-corrected chi connectivity index (χ1v) is 9.77. The molecule has 1 aromatic carbocycles. The Labute approximate surface area is 164 Å². The topological polar surface area (TPSA) is 72.4 Å². The fourth-order valence-electron chi connectivity index (χ4n) is 2.69. The molecule has 0 radical (unpaired) electrons. The molecule has 0 saturated heterocycles. The fourth-order valence-corrected chi connectivity index (χ4v) is 3.57. The number of fused-ring (bicyclic) bond motifs is 1. The van der Waals surface area contributed by atoms with Crippen LogP contribution in [0.2, 0.25) is 10.0 Å². The van der Waals surface area contributed by atoms with Crippen molar-refractivity contribution in [2.24, 2.45) is 0 Å². The minimum atomic E-state index is -0.460. The molecular formula is C17H15Cl2N3O3S. The maximum atomic E-state index is 12.9. The molecule has 0 atom stereocenters. The van der Waals surface area contributed by atoms with Gasteiger partial charge in [0, 0.05) is 10.6 Å². The number of thioether (sulfide) groups is 1. The zero-order valence-electron chi connectivity index (χ0n) is 14.1. The highest BCUT2D eigenvalue weighted by Crippen LogP contribution is 2.36. The van der Waals surface area contributed by atoms with Gasteiger partial charge in [0.2, 0.25) is 0 Å². The molecule has 0 N–H and O–H groups in total. The van der Waals surface area contributed by atoms with Crippen LogP contribution in [0, 0.1) is 0 Å². The van der Waals surface area contributed by atoms with Crippen molar-refractivity contribution < 1.29 is 14.3 Å². The van der Waals surface area contributed by atoms with E-state index in [1.807, 2.05) is 6.26 Å². The summed E-state index contributed by atoms with van der Waals surface area (Å²) in [6.45, 7) is 2.07. The molecule has 2 aromatic rings. The lowest BCUT2D eigenvalue weighted by atomic mass is 10.1. The molecule has 0 spiro atoms. The fraction of sp³-hybridized carbons (Fsp3) is 0.294. The number of amides is 1. The largest absolute Gasteiger partial charge is 0.465 e. The molecule has 136 valence electrons. The lowest BCUT2D eigenvalue weighted by molar-refractivity contribution is -0.143. The van der Waals surface area contributed by atoms with Crippen molar-refractivity contribution in [1.29, 1.82) is 0 Å². The summed E-state index contributed by atoms with van der Waals surface area (Å²) in [6.07, 6.45) is 1.85. The first-order chi connectivity index (χ1) is 12.4. The van der Waals surface area contributed by atoms with Crippen molar-refractivity contribution in [3.05, 3.63) is 39.5 Å². The van der Waals surface area contributed by atoms with Gasteiger partial charge in [-0.1, -0.05) is 35.0 Å². The van der Waals surface area contributed by atoms with Crippen molar-refractivity contribution in [3.63, 3.8) is 0 Å². The Balaban J connectivity index is 2.06. The van der Waals surface area contributed by atoms with E-state index in [2.05, 4.69) is 9.97 Å². The Kier molecular flexibility index (Phi) is 5.70. The molecule has 1 amide bonds. The summed E-state index contributed by atoms with van der Waals surface area (Å²) < 4.78 is 4.93. The van der Waals surface area contributed by atoms with Crippen molar-refractivity contribution >= 4 is 46.8 Å². The Hall–Kier alpha value is -1.83. The third kappa shape index (κ3) is 3.65. The third-order valence-corrected chi connectivity index (χ3v) is 4.89. The second-order valence-electron chi connectivity index (χ2n) is 5.47. The normalized spacial score (nSPS) is 13.1. The summed E-state index contributed by atoms with van der Waals surface area (Å²) in [7, 11) is 0. The number of nitrogens with zero attached hydrogens (tertiary/aromatic N) is 3. The smallest absolute Gasteiger partial charge is 0.325 e. The molecule has 9 heteroatoms. The van der Waals surface area contributed by atoms with Gasteiger partial charge in [0.15, 0.2) is 5.16 Å². The highest BCUT2D eigenvalue weighted by molar-refractivity contribution is 7.98. The van der Waals surface area contributed by atoms with Crippen LogP contribution in [0.3, 0.4) is 0 Å². The van der Waals surface area contributed by atoms with Crippen LogP contribution in [0.25, 0.3) is 11.3 Å². The lowest BCUT2D eigenvalue weighted by Gasteiger charge is -2.14. The second-order valence-corrected chi connectivity index (χ2v) is 7.09. The van der Waals surface area contributed by atoms with Gasteiger partial charge >= 0.3 is 5.97 Å². The van der Waals surface area contributed by atoms with E-state index in [-0.39, 0.29) is 25.6 Å². The molecule has 0 saturated carbocycles. The Morgan fingerprint density at radius 3 is 2.77 bits per heavy atom. The first kappa shape index (κ1) is 18.9. The molecule has 0 aliphatic carbocycles. The molecule has 0 bridgehead atoms. The monoisotopic (exact) mass is 411 g/mol. The Morgan fingerprint density at radius 1 is 1.35 bits per heavy atom. The van der Waals surface area contributed by atoms with Gasteiger partial charge in [-0.05, 0) is 31.4 Å². The van der Waals surface area contributed by atoms with Gasteiger partial charge in [-0.3, -0.25) is 9.59 Å². The standard InChI is InChI=1S/C17H15Cl2N3O3S/c1-3-25-13(23)8-22-7-12-14(16(22)24)15(21-17(20-12)26-2)10-5-4-9(18)6-11(10)19/h4-6H,3,7-8H2,1-2H3. The summed E-state index contributed by atoms with van der Waals surface area (Å²) >= 11 is 13.7. The van der Waals surface area contributed by atoms with Crippen LogP contribution in [0.15, 0.2) is 23.4 Å². The molecule has 1 aliphatic heterocycles. The highest BCUT2D eigenvalue weighted by atomic mass is 35.5. The van der Waals surface area contributed by atoms with Crippen molar-refractivity contribution in [1.82, 2.24) is 14.9 Å². The van der Waals surface area contributed by atoms with Gasteiger partial charge < -0.3 is 9.64 Å². The lowest BCUT2D eigenvalue weighted by Crippen LogP contribution is -2.31. The molecule has 1 aromatic heterocycles. The maximum absolute atomic E-state index is 12.9. The average Bonchev–Trinajstić information content (AvgIpc) is 2.90. The molecule has 26 heavy (non-hydrogen) atoms. The molecule has 6 nitrogen and oxygen atoms in total. The van der Waals surface area contributed by atoms with Crippen LogP contribution in [-0.2, 0) is 16.1 Å². The van der Waals surface area contributed by atoms with Crippen LogP contribution in [0.4, 0.5) is 0 Å². The number of benzene rings is 1. The molecule has 3 rings (SSSR count). The second kappa shape index (κ2) is 7.82. The van der Waals surface area contributed by atoms with Crippen molar-refractivity contribution in [2.45, 2.75) is 18.6 Å². The van der Waals surface area contributed by atoms with E-state index in [0.29, 0.717) is 37.7 Å². The van der Waals surface area contributed by atoms with Gasteiger partial charge in [-0.15, -0.1) is 0 Å². The van der Waals surface area contributed by atoms with Gasteiger partial charge in [0.25, 0.3) is 5.91 Å². The Bertz CT molecular complexity index is 892. The minimum Gasteiger partial charge on any atom is -0.465 e. The van der Waals surface area contributed by atoms with E-state index in [4.69, 9.17) is 27.9 Å². The van der Waals surface area contributed by atoms with Crippen LogP contribution in [0.1, 0.15) is 23.0 Å². The summed E-state index contributed by atoms with van der Waals surface area (Å²) in [5.74, 6) is -0.778. The third-order valence-electron chi connectivity index (χ3n) is 3.80. The predicted molar refractivity (Wildman–Crippen MR) is 101 cm³/mol. The van der Waals surface area contributed by atoms with E-state index in [9.17, 15) is 9.59 Å². The van der Waals surface area contributed by atoms with Crippen LogP contribution >= 0.6 is 35.0 Å². The van der Waals surface area contributed by atoms with Gasteiger partial charge in [0.05, 0.1) is 35.1 Å². The number of rotatable bonds is 5. The van der Waals surface area contributed by atoms with E-state index in [0.717, 1.165) is 0 Å². The van der Waals surface area contributed by atoms with Gasteiger partial charge in [-0.2, -0.15) is 0 Å². The Morgan fingerprint density at radius 2 is 2.12 bits per heavy atom. The minimum absolute atomic E-state index is 0.134. The van der Waals surface area contributed by atoms with E-state index in [1.54, 1.807) is 25.1 Å². The average molecular weight is 412 g/mol. The number of hydrogen-bond donors (Lipinski definition) is 0. The zero-order valence-corrected chi connectivity index (χ0v) is 16.4. The van der Waals surface area contributed by atoms with E-state index < -0.39 is 5.97 Å². The first-order valence-electron chi connectivity index (χ1n) is 7.79. The molecule has 0 fully saturated rings. The van der Waals surface area contributed by atoms with Crippen LogP contribution in [0.5, 0.6) is 0 Å². The molecule has 0 unspecified atom stereocenters. The number of hydrogen-bond acceptors (Lipinski definition) is 6. The van der Waals surface area contributed by atoms with E-state index in [1.165, 1.54) is 16.7 Å². The van der Waals surface area contributed by atoms with Crippen molar-refractivity contribution in [3.8, 4) is 11.3 Å². The number of esters is 1. The zero-order chi connectivity index (χ0) is 18.8. The summed E-state index contributed by atoms with van der Waals surface area (Å²) in [6, 6.07) is 5.01. The summed E-state index contributed by atoms with van der Waals surface area (Å²) in [5.41, 5.74) is 1.96. The number of carbonyl (C=O) groups excluding carboxylic acids is 2. The quantitative estimate of drug-likeness (QED) is 0.424. The highest BCUT2D eigenvalue weighted by Gasteiger charge is 2.35. The molecule has 2 heterocycles. The molecule has 1 aliphatic rings. The van der Waals surface area contributed by atoms with Crippen LogP contribution < -0.4 is 0 Å². The number of halogens is 2. The van der Waals surface area contributed by atoms with E-state index >= 15 is 0 Å².